The van der Waals surface area contributed by atoms with Gasteiger partial charge in [0.25, 0.3) is 0 Å². The molecule has 15 heavy (non-hydrogen) atoms. The molecule has 0 saturated carbocycles. The number of hydrogen-bond donors (Lipinski definition) is 1. The number of benzene rings is 1. The molecule has 0 fully saturated rings. The molecule has 1 aromatic carbocycles. The van der Waals surface area contributed by atoms with Crippen LogP contribution in [0.5, 0.6) is 0 Å². The van der Waals surface area contributed by atoms with Crippen molar-refractivity contribution < 1.29 is 4.39 Å². The van der Waals surface area contributed by atoms with Crippen LogP contribution in [0, 0.1) is 5.82 Å². The van der Waals surface area contributed by atoms with Crippen LogP contribution < -0.4 is 5.32 Å². The highest BCUT2D eigenvalue weighted by molar-refractivity contribution is 9.10. The van der Waals surface area contributed by atoms with Crippen molar-refractivity contribution in [1.29, 1.82) is 0 Å². The molecular weight excluding hydrogens is 280 g/mol. The zero-order valence-electron chi connectivity index (χ0n) is 8.40. The minimum Gasteiger partial charge on any atom is -0.313 e. The third kappa shape index (κ3) is 4.96. The maximum atomic E-state index is 12.9. The van der Waals surface area contributed by atoms with Gasteiger partial charge < -0.3 is 5.32 Å². The van der Waals surface area contributed by atoms with Crippen LogP contribution in [0.4, 0.5) is 4.39 Å². The molecule has 0 aliphatic heterocycles. The molecule has 0 atom stereocenters. The lowest BCUT2D eigenvalue weighted by atomic mass is 10.2. The molecule has 0 radical (unpaired) electrons. The minimum absolute atomic E-state index is 0.221. The Labute approximate surface area is 103 Å². The van der Waals surface area contributed by atoms with E-state index in [0.717, 1.165) is 31.5 Å². The normalized spacial score (nSPS) is 10.6. The van der Waals surface area contributed by atoms with E-state index < -0.39 is 0 Å². The quantitative estimate of drug-likeness (QED) is 0.623. The van der Waals surface area contributed by atoms with E-state index in [1.54, 1.807) is 12.1 Å². The van der Waals surface area contributed by atoms with E-state index in [2.05, 4.69) is 21.2 Å². The van der Waals surface area contributed by atoms with E-state index in [-0.39, 0.29) is 5.82 Å². The molecule has 0 aliphatic rings. The first-order valence-corrected chi connectivity index (χ1v) is 6.27. The van der Waals surface area contributed by atoms with Gasteiger partial charge in [0.1, 0.15) is 5.82 Å². The van der Waals surface area contributed by atoms with Crippen molar-refractivity contribution in [3.8, 4) is 0 Å². The largest absolute Gasteiger partial charge is 0.313 e. The Morgan fingerprint density at radius 2 is 2.13 bits per heavy atom. The monoisotopic (exact) mass is 293 g/mol. The lowest BCUT2D eigenvalue weighted by Gasteiger charge is -2.05. The zero-order valence-corrected chi connectivity index (χ0v) is 10.7. The standard InChI is InChI=1S/C11H14BrClFN/c12-10-7-9(3-4-11(10)14)8-15-6-2-1-5-13/h3-4,7,15H,1-2,5-6,8H2. The molecule has 1 rings (SSSR count). The van der Waals surface area contributed by atoms with Crippen molar-refractivity contribution in [1.82, 2.24) is 5.32 Å². The second-order valence-corrected chi connectivity index (χ2v) is 4.55. The van der Waals surface area contributed by atoms with Gasteiger partial charge in [0.05, 0.1) is 4.47 Å². The molecule has 0 unspecified atom stereocenters. The van der Waals surface area contributed by atoms with E-state index in [0.29, 0.717) is 10.4 Å². The highest BCUT2D eigenvalue weighted by Crippen LogP contribution is 2.16. The van der Waals surface area contributed by atoms with Crippen molar-refractivity contribution in [2.75, 3.05) is 12.4 Å². The van der Waals surface area contributed by atoms with E-state index in [9.17, 15) is 4.39 Å². The van der Waals surface area contributed by atoms with Crippen molar-refractivity contribution in [3.05, 3.63) is 34.1 Å². The fourth-order valence-corrected chi connectivity index (χ4v) is 1.84. The Morgan fingerprint density at radius 3 is 2.80 bits per heavy atom. The first-order valence-electron chi connectivity index (χ1n) is 4.94. The Morgan fingerprint density at radius 1 is 1.33 bits per heavy atom. The van der Waals surface area contributed by atoms with Crippen LogP contribution in [0.15, 0.2) is 22.7 Å². The maximum Gasteiger partial charge on any atom is 0.137 e. The number of nitrogens with one attached hydrogen (secondary N) is 1. The highest BCUT2D eigenvalue weighted by Gasteiger charge is 1.99. The number of rotatable bonds is 6. The molecule has 0 aliphatic carbocycles. The fraction of sp³-hybridized carbons (Fsp3) is 0.455. The molecule has 1 aromatic rings. The van der Waals surface area contributed by atoms with Crippen LogP contribution in [-0.2, 0) is 6.54 Å². The summed E-state index contributed by atoms with van der Waals surface area (Å²) in [6.45, 7) is 1.71. The third-order valence-corrected chi connectivity index (χ3v) is 2.93. The molecule has 1 N–H and O–H groups in total. The van der Waals surface area contributed by atoms with Crippen molar-refractivity contribution in [2.24, 2.45) is 0 Å². The van der Waals surface area contributed by atoms with Crippen molar-refractivity contribution in [3.63, 3.8) is 0 Å². The van der Waals surface area contributed by atoms with Gasteiger partial charge in [-0.05, 0) is 53.0 Å². The smallest absolute Gasteiger partial charge is 0.137 e. The maximum absolute atomic E-state index is 12.9. The summed E-state index contributed by atoms with van der Waals surface area (Å²) in [4.78, 5) is 0. The molecule has 0 amide bonds. The van der Waals surface area contributed by atoms with Gasteiger partial charge in [-0.2, -0.15) is 0 Å². The van der Waals surface area contributed by atoms with Crippen molar-refractivity contribution >= 4 is 27.5 Å². The van der Waals surface area contributed by atoms with E-state index in [1.165, 1.54) is 6.07 Å². The lowest BCUT2D eigenvalue weighted by Crippen LogP contribution is -2.14. The van der Waals surface area contributed by atoms with Gasteiger partial charge >= 0.3 is 0 Å². The Balaban J connectivity index is 2.28. The summed E-state index contributed by atoms with van der Waals surface area (Å²) >= 11 is 8.72. The average Bonchev–Trinajstić information content (AvgIpc) is 2.23. The molecular formula is C11H14BrClFN. The summed E-state index contributed by atoms with van der Waals surface area (Å²) < 4.78 is 13.4. The summed E-state index contributed by atoms with van der Waals surface area (Å²) in [5.41, 5.74) is 1.08. The van der Waals surface area contributed by atoms with Gasteiger partial charge in [0.15, 0.2) is 0 Å². The number of alkyl halides is 1. The summed E-state index contributed by atoms with van der Waals surface area (Å²) in [5.74, 6) is 0.491. The molecule has 84 valence electrons. The molecule has 0 saturated heterocycles. The van der Waals surface area contributed by atoms with Gasteiger partial charge in [0, 0.05) is 12.4 Å². The lowest BCUT2D eigenvalue weighted by molar-refractivity contribution is 0.615. The third-order valence-electron chi connectivity index (χ3n) is 2.05. The number of halogens is 3. The summed E-state index contributed by atoms with van der Waals surface area (Å²) in [6, 6.07) is 5.05. The fourth-order valence-electron chi connectivity index (χ4n) is 1.23. The summed E-state index contributed by atoms with van der Waals surface area (Å²) in [6.07, 6.45) is 2.10. The first-order chi connectivity index (χ1) is 7.24. The van der Waals surface area contributed by atoms with E-state index in [1.807, 2.05) is 0 Å². The second-order valence-electron chi connectivity index (χ2n) is 3.32. The first kappa shape index (κ1) is 12.9. The summed E-state index contributed by atoms with van der Waals surface area (Å²) in [5, 5.41) is 3.28. The van der Waals surface area contributed by atoms with Crippen molar-refractivity contribution in [2.45, 2.75) is 19.4 Å². The van der Waals surface area contributed by atoms with Gasteiger partial charge in [-0.15, -0.1) is 11.6 Å². The Hall–Kier alpha value is -0.120. The van der Waals surface area contributed by atoms with Crippen LogP contribution in [0.1, 0.15) is 18.4 Å². The number of unbranched alkanes of at least 4 members (excludes halogenated alkanes) is 1. The zero-order chi connectivity index (χ0) is 11.1. The van der Waals surface area contributed by atoms with Crippen LogP contribution >= 0.6 is 27.5 Å². The van der Waals surface area contributed by atoms with Crippen LogP contribution in [-0.4, -0.2) is 12.4 Å². The van der Waals surface area contributed by atoms with Gasteiger partial charge in [-0.1, -0.05) is 6.07 Å². The topological polar surface area (TPSA) is 12.0 Å². The van der Waals surface area contributed by atoms with E-state index >= 15 is 0 Å². The predicted molar refractivity (Wildman–Crippen MR) is 65.8 cm³/mol. The van der Waals surface area contributed by atoms with Crippen LogP contribution in [0.25, 0.3) is 0 Å². The highest BCUT2D eigenvalue weighted by atomic mass is 79.9. The molecule has 1 nitrogen and oxygen atoms in total. The van der Waals surface area contributed by atoms with E-state index in [4.69, 9.17) is 11.6 Å². The average molecular weight is 295 g/mol. The molecule has 4 heteroatoms. The van der Waals surface area contributed by atoms with Crippen LogP contribution in [0.3, 0.4) is 0 Å². The Kier molecular flexibility index (Phi) is 6.22. The molecule has 0 aromatic heterocycles. The van der Waals surface area contributed by atoms with Gasteiger partial charge in [0.2, 0.25) is 0 Å². The van der Waals surface area contributed by atoms with Crippen LogP contribution in [0.2, 0.25) is 0 Å². The summed E-state index contributed by atoms with van der Waals surface area (Å²) in [7, 11) is 0. The second kappa shape index (κ2) is 7.20. The number of hydrogen-bond acceptors (Lipinski definition) is 1. The van der Waals surface area contributed by atoms with Gasteiger partial charge in [-0.25, -0.2) is 4.39 Å². The molecule has 0 heterocycles. The van der Waals surface area contributed by atoms with Gasteiger partial charge in [-0.3, -0.25) is 0 Å². The predicted octanol–water partition coefficient (Wildman–Crippen LogP) is 3.70. The molecule has 0 bridgehead atoms. The minimum atomic E-state index is -0.221. The SMILES string of the molecule is Fc1ccc(CNCCCCCl)cc1Br. The Bertz CT molecular complexity index is 307. The molecule has 0 spiro atoms.